The summed E-state index contributed by atoms with van der Waals surface area (Å²) in [6.45, 7) is 7.48. The molecule has 2 fully saturated rings. The van der Waals surface area contributed by atoms with E-state index >= 15 is 0 Å². The molecular weight excluding hydrogens is 312 g/mol. The van der Waals surface area contributed by atoms with Gasteiger partial charge in [0.05, 0.1) is 12.7 Å². The number of nitrogens with zero attached hydrogens (tertiary/aromatic N) is 2. The number of hydrogen-bond donors (Lipinski definition) is 0. The van der Waals surface area contributed by atoms with E-state index in [0.717, 1.165) is 45.8 Å². The van der Waals surface area contributed by atoms with Crippen molar-refractivity contribution in [1.29, 1.82) is 0 Å². The van der Waals surface area contributed by atoms with E-state index < -0.39 is 0 Å². The van der Waals surface area contributed by atoms with Crippen LogP contribution in [0.15, 0.2) is 12.1 Å². The van der Waals surface area contributed by atoms with Crippen molar-refractivity contribution in [3.05, 3.63) is 21.9 Å². The molecule has 2 aliphatic heterocycles. The third-order valence-corrected chi connectivity index (χ3v) is 5.62. The molecule has 0 aliphatic carbocycles. The molecule has 2 saturated heterocycles. The number of carbonyl (C=O) groups is 1. The Morgan fingerprint density at radius 3 is 2.83 bits per heavy atom. The minimum Gasteiger partial charge on any atom is -0.450 e. The SMILES string of the molecule is CCOC(=O)N1CCN(Cc2ccc([C@H]3CCCCO3)s2)CC1. The Balaban J connectivity index is 1.47. The summed E-state index contributed by atoms with van der Waals surface area (Å²) in [6, 6.07) is 4.46. The van der Waals surface area contributed by atoms with Crippen LogP contribution in [-0.4, -0.2) is 55.3 Å². The first kappa shape index (κ1) is 16.7. The molecule has 0 bridgehead atoms. The van der Waals surface area contributed by atoms with Gasteiger partial charge in [0, 0.05) is 49.1 Å². The van der Waals surface area contributed by atoms with E-state index in [9.17, 15) is 4.79 Å². The summed E-state index contributed by atoms with van der Waals surface area (Å²) < 4.78 is 10.9. The van der Waals surface area contributed by atoms with Crippen molar-refractivity contribution in [1.82, 2.24) is 9.80 Å². The van der Waals surface area contributed by atoms with Crippen molar-refractivity contribution < 1.29 is 14.3 Å². The molecule has 2 aliphatic rings. The molecule has 0 aromatic carbocycles. The van der Waals surface area contributed by atoms with Crippen molar-refractivity contribution in [2.75, 3.05) is 39.4 Å². The zero-order valence-corrected chi connectivity index (χ0v) is 14.6. The average Bonchev–Trinajstić information content (AvgIpc) is 3.05. The smallest absolute Gasteiger partial charge is 0.409 e. The highest BCUT2D eigenvalue weighted by atomic mass is 32.1. The van der Waals surface area contributed by atoms with Gasteiger partial charge < -0.3 is 14.4 Å². The number of carbonyl (C=O) groups excluding carboxylic acids is 1. The highest BCUT2D eigenvalue weighted by Gasteiger charge is 2.23. The van der Waals surface area contributed by atoms with Crippen LogP contribution < -0.4 is 0 Å². The normalized spacial score (nSPS) is 23.0. The van der Waals surface area contributed by atoms with E-state index in [-0.39, 0.29) is 6.09 Å². The Labute approximate surface area is 142 Å². The van der Waals surface area contributed by atoms with Crippen molar-refractivity contribution in [2.45, 2.75) is 38.8 Å². The largest absolute Gasteiger partial charge is 0.450 e. The summed E-state index contributed by atoms with van der Waals surface area (Å²) in [5.41, 5.74) is 0. The van der Waals surface area contributed by atoms with E-state index in [1.165, 1.54) is 22.6 Å². The fourth-order valence-electron chi connectivity index (χ4n) is 3.14. The minimum absolute atomic E-state index is 0.181. The monoisotopic (exact) mass is 338 g/mol. The van der Waals surface area contributed by atoms with Gasteiger partial charge in [-0.05, 0) is 38.3 Å². The van der Waals surface area contributed by atoms with Crippen LogP contribution in [0.5, 0.6) is 0 Å². The first-order chi connectivity index (χ1) is 11.3. The van der Waals surface area contributed by atoms with Crippen LogP contribution in [0.3, 0.4) is 0 Å². The molecule has 1 atom stereocenters. The molecule has 3 rings (SSSR count). The van der Waals surface area contributed by atoms with Crippen LogP contribution in [0.25, 0.3) is 0 Å². The second kappa shape index (κ2) is 8.13. The Morgan fingerprint density at radius 2 is 2.13 bits per heavy atom. The minimum atomic E-state index is -0.181. The summed E-state index contributed by atoms with van der Waals surface area (Å²) in [5, 5.41) is 0. The molecule has 5 nitrogen and oxygen atoms in total. The zero-order valence-electron chi connectivity index (χ0n) is 13.8. The molecule has 0 N–H and O–H groups in total. The molecule has 0 saturated carbocycles. The molecule has 0 radical (unpaired) electrons. The van der Waals surface area contributed by atoms with Crippen LogP contribution in [0.2, 0.25) is 0 Å². The number of ether oxygens (including phenoxy) is 2. The lowest BCUT2D eigenvalue weighted by Crippen LogP contribution is -2.48. The van der Waals surface area contributed by atoms with Crippen LogP contribution in [0, 0.1) is 0 Å². The molecule has 3 heterocycles. The van der Waals surface area contributed by atoms with E-state index in [0.29, 0.717) is 12.7 Å². The fourth-order valence-corrected chi connectivity index (χ4v) is 4.28. The lowest BCUT2D eigenvalue weighted by atomic mass is 10.1. The molecular formula is C17H26N2O3S. The summed E-state index contributed by atoms with van der Waals surface area (Å²) in [5.74, 6) is 0. The van der Waals surface area contributed by atoms with Gasteiger partial charge in [-0.15, -0.1) is 11.3 Å². The predicted octanol–water partition coefficient (Wildman–Crippen LogP) is 3.26. The summed E-state index contributed by atoms with van der Waals surface area (Å²) >= 11 is 1.88. The van der Waals surface area contributed by atoms with Crippen LogP contribution in [-0.2, 0) is 16.0 Å². The number of thiophene rings is 1. The van der Waals surface area contributed by atoms with Gasteiger partial charge in [-0.25, -0.2) is 4.79 Å². The van der Waals surface area contributed by atoms with E-state index in [1.54, 1.807) is 4.90 Å². The first-order valence-electron chi connectivity index (χ1n) is 8.60. The van der Waals surface area contributed by atoms with Crippen molar-refractivity contribution in [2.24, 2.45) is 0 Å². The highest BCUT2D eigenvalue weighted by Crippen LogP contribution is 2.33. The van der Waals surface area contributed by atoms with E-state index in [4.69, 9.17) is 9.47 Å². The van der Waals surface area contributed by atoms with Gasteiger partial charge in [-0.1, -0.05) is 0 Å². The number of rotatable bonds is 4. The van der Waals surface area contributed by atoms with Gasteiger partial charge in [-0.3, -0.25) is 4.90 Å². The fraction of sp³-hybridized carbons (Fsp3) is 0.706. The molecule has 1 amide bonds. The first-order valence-corrected chi connectivity index (χ1v) is 9.42. The van der Waals surface area contributed by atoms with E-state index in [1.807, 2.05) is 18.3 Å². The predicted molar refractivity (Wildman–Crippen MR) is 90.7 cm³/mol. The second-order valence-electron chi connectivity index (χ2n) is 6.12. The van der Waals surface area contributed by atoms with Crippen molar-refractivity contribution >= 4 is 17.4 Å². The summed E-state index contributed by atoms with van der Waals surface area (Å²) in [4.78, 5) is 18.7. The Kier molecular flexibility index (Phi) is 5.91. The molecule has 23 heavy (non-hydrogen) atoms. The lowest BCUT2D eigenvalue weighted by Gasteiger charge is -2.33. The van der Waals surface area contributed by atoms with Crippen molar-refractivity contribution in [3.8, 4) is 0 Å². The Bertz CT molecular complexity index is 506. The zero-order chi connectivity index (χ0) is 16.1. The lowest BCUT2D eigenvalue weighted by molar-refractivity contribution is 0.0172. The maximum Gasteiger partial charge on any atom is 0.409 e. The van der Waals surface area contributed by atoms with Crippen molar-refractivity contribution in [3.63, 3.8) is 0 Å². The number of amides is 1. The number of piperazine rings is 1. The van der Waals surface area contributed by atoms with Crippen LogP contribution >= 0.6 is 11.3 Å². The molecule has 1 aromatic heterocycles. The summed E-state index contributed by atoms with van der Waals surface area (Å²) in [6.07, 6.45) is 3.74. The third kappa shape index (κ3) is 4.46. The molecule has 128 valence electrons. The Morgan fingerprint density at radius 1 is 1.30 bits per heavy atom. The van der Waals surface area contributed by atoms with Gasteiger partial charge >= 0.3 is 6.09 Å². The van der Waals surface area contributed by atoms with Gasteiger partial charge in [0.2, 0.25) is 0 Å². The second-order valence-corrected chi connectivity index (χ2v) is 7.32. The molecule has 6 heteroatoms. The average molecular weight is 338 g/mol. The maximum atomic E-state index is 11.7. The number of hydrogen-bond acceptors (Lipinski definition) is 5. The van der Waals surface area contributed by atoms with E-state index in [2.05, 4.69) is 17.0 Å². The topological polar surface area (TPSA) is 42.0 Å². The quantitative estimate of drug-likeness (QED) is 0.845. The maximum absolute atomic E-state index is 11.7. The van der Waals surface area contributed by atoms with Crippen LogP contribution in [0.4, 0.5) is 4.79 Å². The van der Waals surface area contributed by atoms with Crippen LogP contribution in [0.1, 0.15) is 42.0 Å². The van der Waals surface area contributed by atoms with Gasteiger partial charge in [-0.2, -0.15) is 0 Å². The summed E-state index contributed by atoms with van der Waals surface area (Å²) in [7, 11) is 0. The molecule has 0 spiro atoms. The standard InChI is InChI=1S/C17H26N2O3S/c1-2-21-17(20)19-10-8-18(9-11-19)13-14-6-7-16(23-14)15-5-3-4-12-22-15/h6-7,15H,2-5,8-13H2,1H3/t15-/m1/s1. The van der Waals surface area contributed by atoms with Gasteiger partial charge in [0.15, 0.2) is 0 Å². The highest BCUT2D eigenvalue weighted by molar-refractivity contribution is 7.12. The Hall–Kier alpha value is -1.11. The molecule has 1 aromatic rings. The molecule has 0 unspecified atom stereocenters. The van der Waals surface area contributed by atoms with Gasteiger partial charge in [0.1, 0.15) is 0 Å². The third-order valence-electron chi connectivity index (χ3n) is 4.46. The van der Waals surface area contributed by atoms with Gasteiger partial charge in [0.25, 0.3) is 0 Å².